The number of nitrogens with zero attached hydrogens (tertiary/aromatic N) is 1. The number of ketones is 1. The van der Waals surface area contributed by atoms with Gasteiger partial charge in [-0.3, -0.25) is 19.2 Å². The Morgan fingerprint density at radius 2 is 1.25 bits per heavy atom. The summed E-state index contributed by atoms with van der Waals surface area (Å²) in [6.45, 7) is 2.95. The molecule has 2 heterocycles. The van der Waals surface area contributed by atoms with Crippen LogP contribution in [0, 0.1) is 0 Å². The summed E-state index contributed by atoms with van der Waals surface area (Å²) < 4.78 is 23.0. The Bertz CT molecular complexity index is 1600. The first-order valence-electron chi connectivity index (χ1n) is 13.0. The van der Waals surface area contributed by atoms with Gasteiger partial charge >= 0.3 is 41.7 Å². The van der Waals surface area contributed by atoms with E-state index in [1.54, 1.807) is 0 Å². The zero-order valence-corrected chi connectivity index (χ0v) is 24.3. The molecular weight excluding hydrogens is 602 g/mol. The number of carbonyl (C=O) groups is 7. The minimum absolute atomic E-state index is 0.344. The smallest absolute Gasteiger partial charge is 0.424 e. The number of ether oxygens (including phenoxy) is 4. The number of fused-ring (bicyclic) bond motifs is 1. The Morgan fingerprint density at radius 3 is 1.77 bits per heavy atom. The third kappa shape index (κ3) is 6.46. The third-order valence-electron chi connectivity index (χ3n) is 6.62. The maximum atomic E-state index is 14.2. The van der Waals surface area contributed by atoms with E-state index >= 15 is 0 Å². The number of esters is 3. The van der Waals surface area contributed by atoms with Crippen LogP contribution in [0.1, 0.15) is 62.2 Å². The van der Waals surface area contributed by atoms with E-state index in [0.29, 0.717) is 0 Å². The average molecular weight is 629 g/mol. The number of benzene rings is 2. The second-order valence-corrected chi connectivity index (χ2v) is 11.0. The van der Waals surface area contributed by atoms with Crippen molar-refractivity contribution in [1.82, 2.24) is 0 Å². The van der Waals surface area contributed by atoms with E-state index in [0.717, 1.165) is 37.1 Å². The monoisotopic (exact) mass is 628 g/mol. The predicted octanol–water partition coefficient (Wildman–Crippen LogP) is 1.78. The molecule has 14 nitrogen and oxygen atoms in total. The van der Waals surface area contributed by atoms with Crippen molar-refractivity contribution in [3.05, 3.63) is 70.8 Å². The minimum atomic E-state index is -1.51. The lowest BCUT2D eigenvalue weighted by atomic mass is 9.99. The molecule has 0 bridgehead atoms. The normalized spacial score (nSPS) is 22.2. The van der Waals surface area contributed by atoms with Gasteiger partial charge in [0.1, 0.15) is 12.2 Å². The Balaban J connectivity index is 1.96. The van der Waals surface area contributed by atoms with E-state index < -0.39 is 87.5 Å². The van der Waals surface area contributed by atoms with Crippen LogP contribution < -0.4 is 0 Å². The number of thioether (sulfide) groups is 1. The number of hydrogen-bond acceptors (Lipinski definition) is 12. The summed E-state index contributed by atoms with van der Waals surface area (Å²) in [6, 6.07) is 8.93. The highest BCUT2D eigenvalue weighted by Crippen LogP contribution is 2.42. The van der Waals surface area contributed by atoms with Crippen molar-refractivity contribution in [2.45, 2.75) is 49.7 Å². The molecule has 2 aliphatic heterocycles. The first kappa shape index (κ1) is 31.9. The molecule has 1 amide bonds. The summed E-state index contributed by atoms with van der Waals surface area (Å²) in [5.74, 6) is -8.00. The Kier molecular flexibility index (Phi) is 9.47. The summed E-state index contributed by atoms with van der Waals surface area (Å²) in [7, 11) is 0. The zero-order chi connectivity index (χ0) is 32.3. The van der Waals surface area contributed by atoms with Crippen LogP contribution in [0.4, 0.5) is 0 Å². The van der Waals surface area contributed by atoms with Crippen LogP contribution in [0.25, 0.3) is 0 Å². The van der Waals surface area contributed by atoms with Gasteiger partial charge in [0.15, 0.2) is 6.10 Å². The van der Waals surface area contributed by atoms with Gasteiger partial charge in [-0.1, -0.05) is 36.0 Å². The van der Waals surface area contributed by atoms with Crippen LogP contribution in [0.15, 0.2) is 48.5 Å². The molecule has 2 aliphatic rings. The molecule has 0 aliphatic carbocycles. The van der Waals surface area contributed by atoms with Crippen LogP contribution in [0.2, 0.25) is 0 Å². The van der Waals surface area contributed by atoms with Crippen molar-refractivity contribution in [3.63, 3.8) is 0 Å². The maximum absolute atomic E-state index is 14.2. The molecule has 230 valence electrons. The molecule has 44 heavy (non-hydrogen) atoms. The average Bonchev–Trinajstić information content (AvgIpc) is 3.35. The van der Waals surface area contributed by atoms with Gasteiger partial charge in [0.2, 0.25) is 11.5 Å². The molecule has 2 aromatic carbocycles. The molecular formula is C29H26NO13S+. The maximum Gasteiger partial charge on any atom is 0.424 e. The van der Waals surface area contributed by atoms with Crippen LogP contribution in [-0.2, 0) is 33.3 Å². The van der Waals surface area contributed by atoms with Gasteiger partial charge in [-0.05, 0) is 24.3 Å². The lowest BCUT2D eigenvalue weighted by Gasteiger charge is -2.38. The third-order valence-corrected chi connectivity index (χ3v) is 8.01. The molecule has 2 N–H and O–H groups in total. The molecule has 0 saturated carbocycles. The number of carboxylic acids is 2. The van der Waals surface area contributed by atoms with Crippen molar-refractivity contribution in [2.75, 3.05) is 6.61 Å². The fourth-order valence-electron chi connectivity index (χ4n) is 4.92. The number of hydrogen-bond donors (Lipinski definition) is 2. The van der Waals surface area contributed by atoms with Crippen LogP contribution in [0.3, 0.4) is 0 Å². The summed E-state index contributed by atoms with van der Waals surface area (Å²) in [5, 5.41) is 18.6. The molecule has 5 atom stereocenters. The van der Waals surface area contributed by atoms with E-state index in [1.807, 2.05) is 0 Å². The second-order valence-electron chi connectivity index (χ2n) is 9.61. The summed E-state index contributed by atoms with van der Waals surface area (Å²) >= 11 is 0.911. The van der Waals surface area contributed by atoms with Crippen molar-refractivity contribution < 1.29 is 67.3 Å². The fraction of sp³-hybridized carbons (Fsp3) is 0.310. The molecule has 4 rings (SSSR count). The quantitative estimate of drug-likeness (QED) is 0.176. The molecule has 0 unspecified atom stereocenters. The minimum Gasteiger partial charge on any atom is -0.478 e. The van der Waals surface area contributed by atoms with Gasteiger partial charge in [-0.15, -0.1) is 4.58 Å². The van der Waals surface area contributed by atoms with Crippen LogP contribution in [0.5, 0.6) is 0 Å². The Morgan fingerprint density at radius 1 is 0.750 bits per heavy atom. The van der Waals surface area contributed by atoms with Crippen molar-refractivity contribution >= 4 is 59.2 Å². The predicted molar refractivity (Wildman–Crippen MR) is 149 cm³/mol. The molecule has 0 aromatic heterocycles. The van der Waals surface area contributed by atoms with Crippen LogP contribution >= 0.6 is 11.8 Å². The zero-order valence-electron chi connectivity index (χ0n) is 23.5. The van der Waals surface area contributed by atoms with E-state index in [1.165, 1.54) is 48.5 Å². The Labute approximate surface area is 253 Å². The molecule has 0 spiro atoms. The number of aromatic carboxylic acids is 2. The van der Waals surface area contributed by atoms with Gasteiger partial charge in [-0.25, -0.2) is 14.4 Å². The summed E-state index contributed by atoms with van der Waals surface area (Å²) in [4.78, 5) is 88.2. The van der Waals surface area contributed by atoms with E-state index in [-0.39, 0.29) is 17.7 Å². The van der Waals surface area contributed by atoms with Crippen molar-refractivity contribution in [2.24, 2.45) is 0 Å². The van der Waals surface area contributed by atoms with Gasteiger partial charge < -0.3 is 29.2 Å². The largest absolute Gasteiger partial charge is 0.478 e. The number of rotatable bonds is 9. The SMILES string of the molecule is CC(=O)OC[C@H]1S[C@@H]2OC(C(=O)c3ccccc3C(=O)O)=[N+](C(=O)c3ccccc3C(=O)O)[C@@H]2[C@@H](OC(C)=O)[C@@H]1OC(C)=O. The highest BCUT2D eigenvalue weighted by molar-refractivity contribution is 8.00. The lowest BCUT2D eigenvalue weighted by Crippen LogP contribution is -2.60. The van der Waals surface area contributed by atoms with Gasteiger partial charge in [0.05, 0.1) is 16.4 Å². The van der Waals surface area contributed by atoms with Gasteiger partial charge in [0, 0.05) is 26.3 Å². The number of Topliss-reactive ketones (excluding diaryl/α,β-unsaturated/α-hetero) is 1. The summed E-state index contributed by atoms with van der Waals surface area (Å²) in [6.07, 6.45) is -2.85. The second kappa shape index (κ2) is 13.1. The van der Waals surface area contributed by atoms with E-state index in [2.05, 4.69) is 0 Å². The van der Waals surface area contributed by atoms with Crippen molar-refractivity contribution in [3.8, 4) is 0 Å². The van der Waals surface area contributed by atoms with Gasteiger partial charge in [0.25, 0.3) is 11.8 Å². The fourth-order valence-corrected chi connectivity index (χ4v) is 6.36. The van der Waals surface area contributed by atoms with E-state index in [4.69, 9.17) is 18.9 Å². The molecule has 15 heteroatoms. The van der Waals surface area contributed by atoms with E-state index in [9.17, 15) is 43.8 Å². The van der Waals surface area contributed by atoms with Crippen LogP contribution in [-0.4, -0.2) is 97.8 Å². The highest BCUT2D eigenvalue weighted by Gasteiger charge is 2.64. The molecule has 1 saturated heterocycles. The van der Waals surface area contributed by atoms with Crippen molar-refractivity contribution in [1.29, 1.82) is 0 Å². The first-order chi connectivity index (χ1) is 20.8. The topological polar surface area (TPSA) is 200 Å². The number of amides is 1. The first-order valence-corrected chi connectivity index (χ1v) is 14.0. The summed E-state index contributed by atoms with van der Waals surface area (Å²) in [5.41, 5.74) is -2.76. The molecule has 1 fully saturated rings. The molecule has 2 aromatic rings. The number of carboxylic acid groups (broad SMARTS) is 2. The standard InChI is InChI=1S/C29H25NO13S/c1-13(31)40-12-20-23(41-14(2)32)24(42-15(3)33)21-29(44-20)43-26(22(34)16-8-4-6-10-18(16)27(36)37)30(21)25(35)17-9-5-7-11-19(17)28(38)39/h4-11,20-21,23-24,29H,12H2,1-3H3,(H-,36,37,38,39)/p+1/t20-,21-,23-,24-,29+/m1/s1. The molecule has 0 radical (unpaired) electrons. The van der Waals surface area contributed by atoms with Gasteiger partial charge in [-0.2, -0.15) is 0 Å². The Hall–Kier alpha value is -5.05. The lowest BCUT2D eigenvalue weighted by molar-refractivity contribution is -0.478. The highest BCUT2D eigenvalue weighted by atomic mass is 32.2. The number of carbonyl (C=O) groups excluding carboxylic acids is 5.